The lowest BCUT2D eigenvalue weighted by atomic mass is 9.51. The largest absolute Gasteiger partial charge is 0.496 e. The maximum atomic E-state index is 14.8. The molecule has 1 atom stereocenters. The van der Waals surface area contributed by atoms with Crippen LogP contribution in [0.4, 0.5) is 5.82 Å². The van der Waals surface area contributed by atoms with Gasteiger partial charge in [-0.15, -0.1) is 0 Å². The summed E-state index contributed by atoms with van der Waals surface area (Å²) in [5.41, 5.74) is 1.36. The highest BCUT2D eigenvalue weighted by molar-refractivity contribution is 9.10. The zero-order valence-corrected chi connectivity index (χ0v) is 28.8. The summed E-state index contributed by atoms with van der Waals surface area (Å²) in [6.07, 6.45) is 5.30. The van der Waals surface area contributed by atoms with Gasteiger partial charge in [-0.3, -0.25) is 9.59 Å². The van der Waals surface area contributed by atoms with Crippen molar-refractivity contribution in [3.8, 4) is 11.5 Å². The van der Waals surface area contributed by atoms with Gasteiger partial charge >= 0.3 is 5.97 Å². The molecule has 2 bridgehead atoms. The molecule has 1 unspecified atom stereocenters. The van der Waals surface area contributed by atoms with Gasteiger partial charge in [0.05, 0.1) is 30.7 Å². The summed E-state index contributed by atoms with van der Waals surface area (Å²) in [4.78, 5) is 35.9. The highest BCUT2D eigenvalue weighted by Crippen LogP contribution is 2.61. The summed E-state index contributed by atoms with van der Waals surface area (Å²) in [6.45, 7) is 9.62. The molecular formula is C36H44BrN3O5. The average Bonchev–Trinajstić information content (AvgIpc) is 3.54. The van der Waals surface area contributed by atoms with Crippen LogP contribution in [-0.4, -0.2) is 55.3 Å². The Morgan fingerprint density at radius 1 is 1.00 bits per heavy atom. The maximum Gasteiger partial charge on any atom is 0.312 e. The Morgan fingerprint density at radius 2 is 1.64 bits per heavy atom. The maximum absolute atomic E-state index is 14.8. The SMILES string of the molecule is COc1cccc(OC)c1C1CC2(C(=O)OC(C)(C)C)CCC1(NC(=O)c1c(C)c(N3CCCC3)nc3ccc(Br)cc13)CC2. The third-order valence-electron chi connectivity index (χ3n) is 10.2. The van der Waals surface area contributed by atoms with E-state index in [1.54, 1.807) is 14.2 Å². The number of hydrogen-bond acceptors (Lipinski definition) is 7. The highest BCUT2D eigenvalue weighted by atomic mass is 79.9. The minimum atomic E-state index is -0.649. The molecule has 4 aliphatic rings. The van der Waals surface area contributed by atoms with Crippen molar-refractivity contribution in [2.75, 3.05) is 32.2 Å². The number of anilines is 1. The van der Waals surface area contributed by atoms with E-state index in [9.17, 15) is 9.59 Å². The number of ether oxygens (including phenoxy) is 3. The van der Waals surface area contributed by atoms with E-state index in [0.717, 1.165) is 58.3 Å². The van der Waals surface area contributed by atoms with Crippen LogP contribution in [0.2, 0.25) is 0 Å². The summed E-state index contributed by atoms with van der Waals surface area (Å²) in [6, 6.07) is 11.7. The Labute approximate surface area is 274 Å². The summed E-state index contributed by atoms with van der Waals surface area (Å²) in [7, 11) is 3.30. The van der Waals surface area contributed by atoms with E-state index in [-0.39, 0.29) is 17.8 Å². The number of rotatable bonds is 7. The van der Waals surface area contributed by atoms with Gasteiger partial charge in [-0.1, -0.05) is 22.0 Å². The number of hydrogen-bond donors (Lipinski definition) is 1. The van der Waals surface area contributed by atoms with Crippen molar-refractivity contribution < 1.29 is 23.8 Å². The molecule has 1 N–H and O–H groups in total. The molecule has 3 aromatic rings. The fourth-order valence-corrected chi connectivity index (χ4v) is 8.30. The van der Waals surface area contributed by atoms with Gasteiger partial charge in [0.2, 0.25) is 0 Å². The third kappa shape index (κ3) is 5.66. The number of aromatic nitrogens is 1. The zero-order chi connectivity index (χ0) is 32.1. The second kappa shape index (κ2) is 11.8. The first-order valence-electron chi connectivity index (χ1n) is 16.0. The predicted octanol–water partition coefficient (Wildman–Crippen LogP) is 7.48. The summed E-state index contributed by atoms with van der Waals surface area (Å²) in [5.74, 6) is 1.73. The van der Waals surface area contributed by atoms with Crippen LogP contribution in [0.25, 0.3) is 10.9 Å². The Balaban J connectivity index is 1.46. The third-order valence-corrected chi connectivity index (χ3v) is 10.7. The van der Waals surface area contributed by atoms with Crippen molar-refractivity contribution in [1.29, 1.82) is 0 Å². The van der Waals surface area contributed by atoms with E-state index in [1.807, 2.05) is 64.1 Å². The lowest BCUT2D eigenvalue weighted by Gasteiger charge is -2.57. The van der Waals surface area contributed by atoms with Crippen molar-refractivity contribution in [3.05, 3.63) is 57.6 Å². The molecule has 1 aliphatic heterocycles. The first-order valence-corrected chi connectivity index (χ1v) is 16.8. The van der Waals surface area contributed by atoms with E-state index in [4.69, 9.17) is 19.2 Å². The predicted molar refractivity (Wildman–Crippen MR) is 179 cm³/mol. The van der Waals surface area contributed by atoms with Crippen LogP contribution in [0.15, 0.2) is 40.9 Å². The smallest absolute Gasteiger partial charge is 0.312 e. The monoisotopic (exact) mass is 677 g/mol. The average molecular weight is 679 g/mol. The van der Waals surface area contributed by atoms with Gasteiger partial charge in [-0.2, -0.15) is 0 Å². The standard InChI is InChI=1S/C36H44BrN3O5/c1-22-29(24-20-23(37)12-13-26(24)38-31(22)40-18-7-8-19-40)32(41)39-36-16-14-35(15-17-36,33(42)45-34(2,3)4)21-25(36)30-27(43-5)10-9-11-28(30)44-6/h9-13,20,25H,7-8,14-19,21H2,1-6H3,(H,39,41). The van der Waals surface area contributed by atoms with Crippen molar-refractivity contribution >= 4 is 44.5 Å². The molecule has 4 fully saturated rings. The lowest BCUT2D eigenvalue weighted by Crippen LogP contribution is -2.62. The van der Waals surface area contributed by atoms with E-state index >= 15 is 0 Å². The van der Waals surface area contributed by atoms with E-state index in [0.29, 0.717) is 49.2 Å². The normalized spacial score (nSPS) is 24.5. The lowest BCUT2D eigenvalue weighted by molar-refractivity contribution is -0.176. The molecule has 0 radical (unpaired) electrons. The molecule has 1 amide bonds. The minimum Gasteiger partial charge on any atom is -0.496 e. The number of fused-ring (bicyclic) bond motifs is 4. The number of pyridine rings is 1. The number of nitrogens with zero attached hydrogens (tertiary/aromatic N) is 2. The van der Waals surface area contributed by atoms with Crippen LogP contribution in [0.1, 0.15) is 93.1 Å². The number of carbonyl (C=O) groups is 2. The van der Waals surface area contributed by atoms with Crippen LogP contribution in [0.3, 0.4) is 0 Å². The van der Waals surface area contributed by atoms with Crippen LogP contribution in [-0.2, 0) is 9.53 Å². The van der Waals surface area contributed by atoms with Crippen LogP contribution < -0.4 is 19.7 Å². The summed E-state index contributed by atoms with van der Waals surface area (Å²) >= 11 is 3.62. The highest BCUT2D eigenvalue weighted by Gasteiger charge is 2.60. The number of halogens is 1. The molecule has 7 rings (SSSR count). The van der Waals surface area contributed by atoms with Crippen LogP contribution >= 0.6 is 15.9 Å². The molecule has 45 heavy (non-hydrogen) atoms. The quantitative estimate of drug-likeness (QED) is 0.259. The fraction of sp³-hybridized carbons (Fsp3) is 0.528. The van der Waals surface area contributed by atoms with Gasteiger partial charge in [0.15, 0.2) is 0 Å². The number of amides is 1. The Kier molecular flexibility index (Phi) is 8.29. The molecule has 3 aliphatic carbocycles. The van der Waals surface area contributed by atoms with Crippen molar-refractivity contribution in [1.82, 2.24) is 10.3 Å². The molecule has 0 spiro atoms. The van der Waals surface area contributed by atoms with Crippen molar-refractivity contribution in [2.24, 2.45) is 5.41 Å². The molecule has 2 heterocycles. The van der Waals surface area contributed by atoms with Gasteiger partial charge < -0.3 is 24.4 Å². The molecular weight excluding hydrogens is 634 g/mol. The Morgan fingerprint density at radius 3 is 2.24 bits per heavy atom. The topological polar surface area (TPSA) is 90.0 Å². The summed E-state index contributed by atoms with van der Waals surface area (Å²) in [5, 5.41) is 4.42. The van der Waals surface area contributed by atoms with Crippen molar-refractivity contribution in [3.63, 3.8) is 0 Å². The first kappa shape index (κ1) is 31.6. The van der Waals surface area contributed by atoms with Gasteiger partial charge in [-0.05, 0) is 103 Å². The van der Waals surface area contributed by atoms with E-state index in [2.05, 4.69) is 26.1 Å². The van der Waals surface area contributed by atoms with Gasteiger partial charge in [0, 0.05) is 45.5 Å². The van der Waals surface area contributed by atoms with Crippen LogP contribution in [0.5, 0.6) is 11.5 Å². The molecule has 2 aromatic carbocycles. The van der Waals surface area contributed by atoms with Gasteiger partial charge in [-0.25, -0.2) is 4.98 Å². The van der Waals surface area contributed by atoms with Crippen molar-refractivity contribution in [2.45, 2.75) is 89.7 Å². The fourth-order valence-electron chi connectivity index (χ4n) is 7.94. The van der Waals surface area contributed by atoms with Crippen LogP contribution in [0, 0.1) is 12.3 Å². The molecule has 1 saturated heterocycles. The number of methoxy groups -OCH3 is 2. The molecule has 1 aromatic heterocycles. The Hall–Kier alpha value is -3.33. The molecule has 240 valence electrons. The number of benzene rings is 2. The Bertz CT molecular complexity index is 1610. The second-order valence-corrected chi connectivity index (χ2v) is 14.9. The van der Waals surface area contributed by atoms with Gasteiger partial charge in [0.1, 0.15) is 22.9 Å². The van der Waals surface area contributed by atoms with Gasteiger partial charge in [0.25, 0.3) is 5.91 Å². The first-order chi connectivity index (χ1) is 21.4. The molecule has 3 saturated carbocycles. The number of esters is 1. The van der Waals surface area contributed by atoms with E-state index < -0.39 is 16.6 Å². The van der Waals surface area contributed by atoms with E-state index in [1.165, 1.54) is 0 Å². The number of nitrogens with one attached hydrogen (secondary N) is 1. The summed E-state index contributed by atoms with van der Waals surface area (Å²) < 4.78 is 18.7. The minimum absolute atomic E-state index is 0.121. The zero-order valence-electron chi connectivity index (χ0n) is 27.2. The number of carbonyl (C=O) groups excluding carboxylic acids is 2. The molecule has 9 heteroatoms. The molecule has 8 nitrogen and oxygen atoms in total. The second-order valence-electron chi connectivity index (χ2n) is 14.0.